The zero-order chi connectivity index (χ0) is 13.3. The van der Waals surface area contributed by atoms with Gasteiger partial charge in [-0.3, -0.25) is 0 Å². The van der Waals surface area contributed by atoms with Crippen LogP contribution in [0.5, 0.6) is 0 Å². The van der Waals surface area contributed by atoms with Gasteiger partial charge in [0.25, 0.3) is 0 Å². The average molecular weight is 377 g/mol. The van der Waals surface area contributed by atoms with Crippen molar-refractivity contribution in [1.29, 1.82) is 0 Å². The summed E-state index contributed by atoms with van der Waals surface area (Å²) in [6, 6.07) is 8.07. The lowest BCUT2D eigenvalue weighted by Gasteiger charge is -2.15. The molecule has 2 rings (SSSR count). The van der Waals surface area contributed by atoms with E-state index in [0.29, 0.717) is 15.6 Å². The highest BCUT2D eigenvalue weighted by atomic mass is 79.9. The molecule has 0 aliphatic carbocycles. The molecule has 0 aromatic heterocycles. The van der Waals surface area contributed by atoms with Crippen LogP contribution >= 0.6 is 31.9 Å². The van der Waals surface area contributed by atoms with E-state index in [9.17, 15) is 8.78 Å². The molecule has 0 radical (unpaired) electrons. The van der Waals surface area contributed by atoms with Crippen molar-refractivity contribution in [2.75, 3.05) is 0 Å². The summed E-state index contributed by atoms with van der Waals surface area (Å²) in [5, 5.41) is 0. The molecule has 0 saturated carbocycles. The number of rotatable bonds is 2. The van der Waals surface area contributed by atoms with Crippen LogP contribution in [-0.4, -0.2) is 0 Å². The molecule has 0 aliphatic rings. The third kappa shape index (κ3) is 2.79. The summed E-state index contributed by atoms with van der Waals surface area (Å²) in [5.74, 6) is -0.755. The molecular formula is C13H9Br2F2N. The van der Waals surface area contributed by atoms with Crippen LogP contribution in [0.15, 0.2) is 45.3 Å². The number of hydrogen-bond donors (Lipinski definition) is 1. The maximum atomic E-state index is 13.7. The second-order valence-corrected chi connectivity index (χ2v) is 5.58. The number of halogens is 4. The average Bonchev–Trinajstić information content (AvgIpc) is 2.31. The molecule has 2 N–H and O–H groups in total. The molecule has 0 aliphatic heterocycles. The van der Waals surface area contributed by atoms with Gasteiger partial charge < -0.3 is 5.73 Å². The van der Waals surface area contributed by atoms with Crippen LogP contribution in [0, 0.1) is 11.6 Å². The molecule has 2 aromatic rings. The SMILES string of the molecule is NC(c1cc(Br)ccc1F)c1ccc(F)cc1Br. The molecule has 2 aromatic carbocycles. The van der Waals surface area contributed by atoms with E-state index < -0.39 is 6.04 Å². The normalized spacial score (nSPS) is 12.5. The van der Waals surface area contributed by atoms with Crippen molar-refractivity contribution in [2.45, 2.75) is 6.04 Å². The topological polar surface area (TPSA) is 26.0 Å². The van der Waals surface area contributed by atoms with Gasteiger partial charge in [0.2, 0.25) is 0 Å². The summed E-state index contributed by atoms with van der Waals surface area (Å²) in [5.41, 5.74) is 7.01. The molecular weight excluding hydrogens is 368 g/mol. The van der Waals surface area contributed by atoms with Gasteiger partial charge in [-0.2, -0.15) is 0 Å². The third-order valence-electron chi connectivity index (χ3n) is 2.59. The van der Waals surface area contributed by atoms with Crippen LogP contribution in [0.2, 0.25) is 0 Å². The Kier molecular flexibility index (Phi) is 4.14. The first-order valence-corrected chi connectivity index (χ1v) is 6.73. The van der Waals surface area contributed by atoms with E-state index in [1.165, 1.54) is 18.2 Å². The number of benzene rings is 2. The summed E-state index contributed by atoms with van der Waals surface area (Å²) in [7, 11) is 0. The summed E-state index contributed by atoms with van der Waals surface area (Å²) in [6.07, 6.45) is 0. The molecule has 18 heavy (non-hydrogen) atoms. The fraction of sp³-hybridized carbons (Fsp3) is 0.0769. The minimum absolute atomic E-state index is 0.358. The highest BCUT2D eigenvalue weighted by molar-refractivity contribution is 9.10. The zero-order valence-corrected chi connectivity index (χ0v) is 12.3. The van der Waals surface area contributed by atoms with E-state index in [0.717, 1.165) is 4.47 Å². The van der Waals surface area contributed by atoms with Gasteiger partial charge in [0.15, 0.2) is 0 Å². The molecule has 1 nitrogen and oxygen atoms in total. The molecule has 0 heterocycles. The first-order valence-electron chi connectivity index (χ1n) is 5.14. The molecule has 1 unspecified atom stereocenters. The van der Waals surface area contributed by atoms with E-state index >= 15 is 0 Å². The van der Waals surface area contributed by atoms with E-state index in [4.69, 9.17) is 5.73 Å². The van der Waals surface area contributed by atoms with E-state index in [1.807, 2.05) is 0 Å². The van der Waals surface area contributed by atoms with Crippen molar-refractivity contribution in [3.8, 4) is 0 Å². The first kappa shape index (κ1) is 13.6. The van der Waals surface area contributed by atoms with Crippen LogP contribution in [0.25, 0.3) is 0 Å². The predicted octanol–water partition coefficient (Wildman–Crippen LogP) is 4.54. The lowest BCUT2D eigenvalue weighted by atomic mass is 9.99. The van der Waals surface area contributed by atoms with E-state index in [1.54, 1.807) is 18.2 Å². The molecule has 0 fully saturated rings. The largest absolute Gasteiger partial charge is 0.320 e. The minimum Gasteiger partial charge on any atom is -0.320 e. The van der Waals surface area contributed by atoms with Crippen molar-refractivity contribution in [3.63, 3.8) is 0 Å². The maximum Gasteiger partial charge on any atom is 0.128 e. The van der Waals surface area contributed by atoms with Gasteiger partial charge in [0.05, 0.1) is 6.04 Å². The third-order valence-corrected chi connectivity index (χ3v) is 3.77. The Bertz CT molecular complexity index is 587. The second-order valence-electron chi connectivity index (χ2n) is 3.81. The summed E-state index contributed by atoms with van der Waals surface area (Å²) in [6.45, 7) is 0. The predicted molar refractivity (Wildman–Crippen MR) is 74.2 cm³/mol. The molecule has 0 bridgehead atoms. The summed E-state index contributed by atoms with van der Waals surface area (Å²) >= 11 is 6.51. The Hall–Kier alpha value is -0.780. The molecule has 0 spiro atoms. The second kappa shape index (κ2) is 5.47. The number of hydrogen-bond acceptors (Lipinski definition) is 1. The molecule has 94 valence electrons. The van der Waals surface area contributed by atoms with Crippen LogP contribution in [0.4, 0.5) is 8.78 Å². The van der Waals surface area contributed by atoms with Gasteiger partial charge in [0.1, 0.15) is 11.6 Å². The van der Waals surface area contributed by atoms with Crippen molar-refractivity contribution in [1.82, 2.24) is 0 Å². The van der Waals surface area contributed by atoms with E-state index in [-0.39, 0.29) is 11.6 Å². The van der Waals surface area contributed by atoms with Crippen molar-refractivity contribution in [3.05, 3.63) is 68.1 Å². The van der Waals surface area contributed by atoms with Crippen LogP contribution < -0.4 is 5.73 Å². The molecule has 0 amide bonds. The Morgan fingerprint density at radius 2 is 1.67 bits per heavy atom. The van der Waals surface area contributed by atoms with E-state index in [2.05, 4.69) is 31.9 Å². The van der Waals surface area contributed by atoms with Gasteiger partial charge in [-0.05, 0) is 35.9 Å². The molecule has 5 heteroatoms. The van der Waals surface area contributed by atoms with Gasteiger partial charge in [-0.1, -0.05) is 37.9 Å². The Morgan fingerprint density at radius 3 is 2.33 bits per heavy atom. The molecule has 1 atom stereocenters. The molecule has 0 saturated heterocycles. The zero-order valence-electron chi connectivity index (χ0n) is 9.13. The van der Waals surface area contributed by atoms with Crippen molar-refractivity contribution in [2.24, 2.45) is 5.73 Å². The Labute approximate surface area is 120 Å². The minimum atomic E-state index is -0.655. The van der Waals surface area contributed by atoms with Crippen molar-refractivity contribution >= 4 is 31.9 Å². The van der Waals surface area contributed by atoms with Gasteiger partial charge >= 0.3 is 0 Å². The van der Waals surface area contributed by atoms with Gasteiger partial charge in [0, 0.05) is 14.5 Å². The lowest BCUT2D eigenvalue weighted by Crippen LogP contribution is -2.14. The highest BCUT2D eigenvalue weighted by Crippen LogP contribution is 2.30. The monoisotopic (exact) mass is 375 g/mol. The fourth-order valence-electron chi connectivity index (χ4n) is 1.67. The Balaban J connectivity index is 2.47. The fourth-order valence-corrected chi connectivity index (χ4v) is 2.65. The van der Waals surface area contributed by atoms with Gasteiger partial charge in [-0.25, -0.2) is 8.78 Å². The highest BCUT2D eigenvalue weighted by Gasteiger charge is 2.16. The quantitative estimate of drug-likeness (QED) is 0.818. The maximum absolute atomic E-state index is 13.7. The van der Waals surface area contributed by atoms with Crippen LogP contribution in [0.3, 0.4) is 0 Å². The lowest BCUT2D eigenvalue weighted by molar-refractivity contribution is 0.597. The van der Waals surface area contributed by atoms with Gasteiger partial charge in [-0.15, -0.1) is 0 Å². The van der Waals surface area contributed by atoms with Crippen LogP contribution in [-0.2, 0) is 0 Å². The smallest absolute Gasteiger partial charge is 0.128 e. The first-order chi connectivity index (χ1) is 8.49. The summed E-state index contributed by atoms with van der Waals surface area (Å²) < 4.78 is 28.0. The standard InChI is InChI=1S/C13H9Br2F2N/c14-7-1-4-12(17)10(5-7)13(18)9-3-2-8(16)6-11(9)15/h1-6,13H,18H2. The van der Waals surface area contributed by atoms with Crippen molar-refractivity contribution < 1.29 is 8.78 Å². The number of nitrogens with two attached hydrogens (primary N) is 1. The summed E-state index contributed by atoms with van der Waals surface area (Å²) in [4.78, 5) is 0. The van der Waals surface area contributed by atoms with Crippen LogP contribution in [0.1, 0.15) is 17.2 Å². The Morgan fingerprint density at radius 1 is 0.944 bits per heavy atom.